The number of pyridine rings is 1. The fraction of sp³-hybridized carbons (Fsp3) is 0.235. The molecule has 2 aromatic rings. The number of nitriles is 2. The lowest BCUT2D eigenvalue weighted by Gasteiger charge is -2.29. The predicted octanol–water partition coefficient (Wildman–Crippen LogP) is 1.90. The van der Waals surface area contributed by atoms with Crippen LogP contribution in [0.3, 0.4) is 0 Å². The first-order valence-electron chi connectivity index (χ1n) is 7.20. The van der Waals surface area contributed by atoms with Crippen LogP contribution in [0, 0.1) is 22.7 Å². The van der Waals surface area contributed by atoms with Gasteiger partial charge in [0.15, 0.2) is 0 Å². The molecule has 5 heteroatoms. The van der Waals surface area contributed by atoms with E-state index >= 15 is 0 Å². The minimum absolute atomic E-state index is 0.432. The Morgan fingerprint density at radius 1 is 1.00 bits per heavy atom. The Hall–Kier alpha value is -2.89. The lowest BCUT2D eigenvalue weighted by atomic mass is 10.0. The van der Waals surface area contributed by atoms with Crippen LogP contribution in [0.5, 0.6) is 0 Å². The van der Waals surface area contributed by atoms with Gasteiger partial charge >= 0.3 is 0 Å². The van der Waals surface area contributed by atoms with Gasteiger partial charge in [0.05, 0.1) is 16.8 Å². The second kappa shape index (κ2) is 6.26. The van der Waals surface area contributed by atoms with E-state index < -0.39 is 0 Å². The summed E-state index contributed by atoms with van der Waals surface area (Å²) in [4.78, 5) is 6.76. The van der Waals surface area contributed by atoms with Gasteiger partial charge in [-0.15, -0.1) is 0 Å². The molecule has 1 aromatic heterocycles. The summed E-state index contributed by atoms with van der Waals surface area (Å²) in [6.45, 7) is 3.35. The van der Waals surface area contributed by atoms with Gasteiger partial charge in [0.25, 0.3) is 0 Å². The zero-order chi connectivity index (χ0) is 15.4. The van der Waals surface area contributed by atoms with Crippen LogP contribution >= 0.6 is 0 Å². The summed E-state index contributed by atoms with van der Waals surface area (Å²) < 4.78 is 0. The second-order valence-corrected chi connectivity index (χ2v) is 5.08. The standard InChI is InChI=1S/C17H15N5/c18-11-14-10-15(12-19)17(22-8-6-20-7-9-22)21-16(14)13-4-2-1-3-5-13/h1-5,10,20H,6-9H2. The number of anilines is 1. The van der Waals surface area contributed by atoms with Gasteiger partial charge in [0, 0.05) is 31.7 Å². The molecule has 0 radical (unpaired) electrons. The number of rotatable bonds is 2. The molecular weight excluding hydrogens is 274 g/mol. The van der Waals surface area contributed by atoms with E-state index in [0.717, 1.165) is 31.7 Å². The first-order valence-corrected chi connectivity index (χ1v) is 7.20. The maximum absolute atomic E-state index is 9.39. The topological polar surface area (TPSA) is 75.7 Å². The highest BCUT2D eigenvalue weighted by atomic mass is 15.2. The molecule has 0 spiro atoms. The number of hydrogen-bond donors (Lipinski definition) is 1. The highest BCUT2D eigenvalue weighted by Crippen LogP contribution is 2.27. The summed E-state index contributed by atoms with van der Waals surface area (Å²) in [5.41, 5.74) is 2.41. The molecule has 0 saturated carbocycles. The summed E-state index contributed by atoms with van der Waals surface area (Å²) >= 11 is 0. The fourth-order valence-electron chi connectivity index (χ4n) is 2.60. The normalized spacial score (nSPS) is 14.2. The maximum Gasteiger partial charge on any atom is 0.147 e. The number of aromatic nitrogens is 1. The van der Waals surface area contributed by atoms with Crippen LogP contribution < -0.4 is 10.2 Å². The molecule has 0 unspecified atom stereocenters. The SMILES string of the molecule is N#Cc1cc(C#N)c(N2CCNCC2)nc1-c1ccccc1. The lowest BCUT2D eigenvalue weighted by Crippen LogP contribution is -2.44. The van der Waals surface area contributed by atoms with Gasteiger partial charge in [-0.05, 0) is 6.07 Å². The van der Waals surface area contributed by atoms with Gasteiger partial charge in [0.2, 0.25) is 0 Å². The van der Waals surface area contributed by atoms with E-state index in [4.69, 9.17) is 0 Å². The van der Waals surface area contributed by atoms with E-state index in [1.807, 2.05) is 30.3 Å². The van der Waals surface area contributed by atoms with Gasteiger partial charge in [-0.3, -0.25) is 0 Å². The van der Waals surface area contributed by atoms with E-state index in [1.165, 1.54) is 0 Å². The number of benzene rings is 1. The zero-order valence-corrected chi connectivity index (χ0v) is 12.1. The van der Waals surface area contributed by atoms with Gasteiger partial charge < -0.3 is 10.2 Å². The molecule has 1 aromatic carbocycles. The third-order valence-electron chi connectivity index (χ3n) is 3.71. The van der Waals surface area contributed by atoms with Crippen molar-refractivity contribution in [2.24, 2.45) is 0 Å². The number of nitrogens with one attached hydrogen (secondary N) is 1. The van der Waals surface area contributed by atoms with E-state index in [9.17, 15) is 10.5 Å². The smallest absolute Gasteiger partial charge is 0.147 e. The first kappa shape index (κ1) is 14.1. The van der Waals surface area contributed by atoms with Crippen LogP contribution in [0.2, 0.25) is 0 Å². The van der Waals surface area contributed by atoms with Crippen LogP contribution in [-0.2, 0) is 0 Å². The van der Waals surface area contributed by atoms with Crippen molar-refractivity contribution in [3.63, 3.8) is 0 Å². The van der Waals surface area contributed by atoms with Crippen molar-refractivity contribution in [2.45, 2.75) is 0 Å². The van der Waals surface area contributed by atoms with Crippen molar-refractivity contribution in [3.05, 3.63) is 47.5 Å². The molecule has 1 aliphatic heterocycles. The van der Waals surface area contributed by atoms with Gasteiger partial charge in [-0.2, -0.15) is 10.5 Å². The Labute approximate surface area is 129 Å². The summed E-state index contributed by atoms with van der Waals surface area (Å²) in [6.07, 6.45) is 0. The third-order valence-corrected chi connectivity index (χ3v) is 3.71. The molecule has 2 heterocycles. The number of piperazine rings is 1. The largest absolute Gasteiger partial charge is 0.353 e. The molecule has 0 bridgehead atoms. The summed E-state index contributed by atoms with van der Waals surface area (Å²) in [6, 6.07) is 15.6. The number of hydrogen-bond acceptors (Lipinski definition) is 5. The fourth-order valence-corrected chi connectivity index (χ4v) is 2.60. The van der Waals surface area contributed by atoms with E-state index in [0.29, 0.717) is 22.6 Å². The van der Waals surface area contributed by atoms with Crippen LogP contribution in [0.25, 0.3) is 11.3 Å². The zero-order valence-electron chi connectivity index (χ0n) is 12.1. The van der Waals surface area contributed by atoms with E-state index in [2.05, 4.69) is 27.3 Å². The minimum atomic E-state index is 0.432. The van der Waals surface area contributed by atoms with E-state index in [-0.39, 0.29) is 0 Å². The van der Waals surface area contributed by atoms with Crippen LogP contribution in [0.1, 0.15) is 11.1 Å². The molecule has 0 atom stereocenters. The average molecular weight is 289 g/mol. The molecule has 22 heavy (non-hydrogen) atoms. The summed E-state index contributed by atoms with van der Waals surface area (Å²) in [7, 11) is 0. The minimum Gasteiger partial charge on any atom is -0.353 e. The Morgan fingerprint density at radius 2 is 1.68 bits per heavy atom. The van der Waals surface area contributed by atoms with Gasteiger partial charge in [-0.25, -0.2) is 4.98 Å². The lowest BCUT2D eigenvalue weighted by molar-refractivity contribution is 0.585. The predicted molar refractivity (Wildman–Crippen MR) is 84.2 cm³/mol. The first-order chi connectivity index (χ1) is 10.8. The molecule has 0 aliphatic carbocycles. The quantitative estimate of drug-likeness (QED) is 0.914. The molecule has 1 N–H and O–H groups in total. The Kier molecular flexibility index (Phi) is 4.00. The number of nitrogens with zero attached hydrogens (tertiary/aromatic N) is 4. The van der Waals surface area contributed by atoms with Crippen molar-refractivity contribution >= 4 is 5.82 Å². The molecule has 1 aliphatic rings. The van der Waals surface area contributed by atoms with Gasteiger partial charge in [-0.1, -0.05) is 30.3 Å². The van der Waals surface area contributed by atoms with Crippen molar-refractivity contribution in [2.75, 3.05) is 31.1 Å². The molecule has 3 rings (SSSR count). The second-order valence-electron chi connectivity index (χ2n) is 5.08. The van der Waals surface area contributed by atoms with E-state index in [1.54, 1.807) is 6.07 Å². The molecule has 0 amide bonds. The van der Waals surface area contributed by atoms with Gasteiger partial charge in [0.1, 0.15) is 18.0 Å². The molecule has 108 valence electrons. The van der Waals surface area contributed by atoms with Crippen molar-refractivity contribution in [1.82, 2.24) is 10.3 Å². The highest BCUT2D eigenvalue weighted by Gasteiger charge is 2.19. The Morgan fingerprint density at radius 3 is 2.32 bits per heavy atom. The molecule has 1 fully saturated rings. The molecule has 1 saturated heterocycles. The summed E-state index contributed by atoms with van der Waals surface area (Å²) in [5.74, 6) is 0.668. The molecule has 5 nitrogen and oxygen atoms in total. The maximum atomic E-state index is 9.39. The van der Waals surface area contributed by atoms with Crippen molar-refractivity contribution in [3.8, 4) is 23.4 Å². The van der Waals surface area contributed by atoms with Crippen LogP contribution in [0.4, 0.5) is 5.82 Å². The Bertz CT molecular complexity index is 749. The van der Waals surface area contributed by atoms with Crippen molar-refractivity contribution < 1.29 is 0 Å². The molecular formula is C17H15N5. The van der Waals surface area contributed by atoms with Crippen LogP contribution in [-0.4, -0.2) is 31.2 Å². The third kappa shape index (κ3) is 2.63. The summed E-state index contributed by atoms with van der Waals surface area (Å²) in [5, 5.41) is 22.1. The highest BCUT2D eigenvalue weighted by molar-refractivity contribution is 5.71. The monoisotopic (exact) mass is 289 g/mol. The average Bonchev–Trinajstić information content (AvgIpc) is 2.62. The van der Waals surface area contributed by atoms with Crippen molar-refractivity contribution in [1.29, 1.82) is 10.5 Å². The Balaban J connectivity index is 2.14. The van der Waals surface area contributed by atoms with Crippen LogP contribution in [0.15, 0.2) is 36.4 Å².